The number of halogens is 2. The molecule has 2 aromatic rings. The van der Waals surface area contributed by atoms with E-state index < -0.39 is 0 Å². The fourth-order valence-electron chi connectivity index (χ4n) is 2.30. The Bertz CT molecular complexity index is 707. The van der Waals surface area contributed by atoms with Crippen LogP contribution in [0.25, 0.3) is 0 Å². The van der Waals surface area contributed by atoms with Gasteiger partial charge in [0.1, 0.15) is 5.69 Å². The van der Waals surface area contributed by atoms with Gasteiger partial charge in [-0.2, -0.15) is 10.2 Å². The third-order valence-corrected chi connectivity index (χ3v) is 4.62. The summed E-state index contributed by atoms with van der Waals surface area (Å²) in [6, 6.07) is 0. The molecule has 0 aliphatic heterocycles. The minimum absolute atomic E-state index is 0.00999. The van der Waals surface area contributed by atoms with E-state index in [0.717, 1.165) is 17.9 Å². The van der Waals surface area contributed by atoms with Crippen LogP contribution in [0.2, 0.25) is 10.0 Å². The summed E-state index contributed by atoms with van der Waals surface area (Å²) in [5, 5.41) is 9.92. The number of hydrogen-bond donors (Lipinski definition) is 0. The number of amides is 1. The quantitative estimate of drug-likeness (QED) is 0.798. The van der Waals surface area contributed by atoms with Crippen molar-refractivity contribution in [3.8, 4) is 0 Å². The minimum Gasteiger partial charge on any atom is -0.340 e. The Morgan fingerprint density at radius 2 is 2.00 bits per heavy atom. The first-order chi connectivity index (χ1) is 10.8. The number of aryl methyl sites for hydroxylation is 3. The molecule has 6 nitrogen and oxygen atoms in total. The summed E-state index contributed by atoms with van der Waals surface area (Å²) in [5.74, 6) is 0.00999. The molecule has 0 fully saturated rings. The van der Waals surface area contributed by atoms with Gasteiger partial charge in [-0.15, -0.1) is 0 Å². The van der Waals surface area contributed by atoms with Crippen molar-refractivity contribution >= 4 is 29.1 Å². The first-order valence-electron chi connectivity index (χ1n) is 7.48. The Balaban J connectivity index is 1.94. The Labute approximate surface area is 146 Å². The molecule has 0 aromatic carbocycles. The van der Waals surface area contributed by atoms with Gasteiger partial charge in [0.2, 0.25) is 5.91 Å². The maximum absolute atomic E-state index is 12.3. The van der Waals surface area contributed by atoms with Crippen LogP contribution in [0.1, 0.15) is 30.4 Å². The molecule has 0 spiro atoms. The number of rotatable bonds is 6. The van der Waals surface area contributed by atoms with E-state index in [-0.39, 0.29) is 5.91 Å². The second-order valence-electron chi connectivity index (χ2n) is 5.49. The van der Waals surface area contributed by atoms with Crippen molar-refractivity contribution in [2.24, 2.45) is 0 Å². The largest absolute Gasteiger partial charge is 0.340 e. The number of aromatic nitrogens is 4. The average molecular weight is 358 g/mol. The van der Waals surface area contributed by atoms with Crippen LogP contribution in [0.3, 0.4) is 0 Å². The van der Waals surface area contributed by atoms with Crippen LogP contribution in [0, 0.1) is 13.8 Å². The van der Waals surface area contributed by atoms with Crippen LogP contribution in [0.4, 0.5) is 0 Å². The molecule has 2 aromatic heterocycles. The zero-order chi connectivity index (χ0) is 17.1. The van der Waals surface area contributed by atoms with Crippen LogP contribution < -0.4 is 0 Å². The first-order valence-corrected chi connectivity index (χ1v) is 8.24. The summed E-state index contributed by atoms with van der Waals surface area (Å²) < 4.78 is 3.52. The van der Waals surface area contributed by atoms with E-state index in [9.17, 15) is 4.79 Å². The standard InChI is InChI=1S/C15H21Cl2N5O/c1-5-21-8-12(16)13(19-21)9-20(4)14(23)6-7-22-11(3)15(17)10(2)18-22/h8H,5-7,9H2,1-4H3. The third-order valence-electron chi connectivity index (χ3n) is 3.75. The van der Waals surface area contributed by atoms with Crippen molar-refractivity contribution in [3.63, 3.8) is 0 Å². The molecule has 2 rings (SSSR count). The molecule has 1 amide bonds. The SMILES string of the molecule is CCn1cc(Cl)c(CN(C)C(=O)CCn2nc(C)c(Cl)c2C)n1. The Morgan fingerprint density at radius 1 is 1.30 bits per heavy atom. The molecule has 0 N–H and O–H groups in total. The molecule has 126 valence electrons. The molecule has 2 heterocycles. The second kappa shape index (κ2) is 7.36. The van der Waals surface area contributed by atoms with Crippen molar-refractivity contribution in [3.05, 3.63) is 33.3 Å². The van der Waals surface area contributed by atoms with E-state index in [1.54, 1.807) is 27.5 Å². The maximum Gasteiger partial charge on any atom is 0.224 e. The van der Waals surface area contributed by atoms with E-state index in [2.05, 4.69) is 10.2 Å². The molecular weight excluding hydrogens is 337 g/mol. The Morgan fingerprint density at radius 3 is 2.52 bits per heavy atom. The smallest absolute Gasteiger partial charge is 0.224 e. The van der Waals surface area contributed by atoms with Crippen molar-refractivity contribution in [1.82, 2.24) is 24.5 Å². The normalized spacial score (nSPS) is 11.0. The predicted molar refractivity (Wildman–Crippen MR) is 90.7 cm³/mol. The van der Waals surface area contributed by atoms with Gasteiger partial charge in [0.05, 0.1) is 34.5 Å². The van der Waals surface area contributed by atoms with E-state index >= 15 is 0 Å². The summed E-state index contributed by atoms with van der Waals surface area (Å²) >= 11 is 12.2. The monoisotopic (exact) mass is 357 g/mol. The molecule has 0 aliphatic rings. The molecule has 0 unspecified atom stereocenters. The lowest BCUT2D eigenvalue weighted by atomic mass is 10.3. The van der Waals surface area contributed by atoms with Gasteiger partial charge >= 0.3 is 0 Å². The highest BCUT2D eigenvalue weighted by atomic mass is 35.5. The van der Waals surface area contributed by atoms with Gasteiger partial charge in [-0.05, 0) is 20.8 Å². The summed E-state index contributed by atoms with van der Waals surface area (Å²) in [4.78, 5) is 13.9. The fourth-order valence-corrected chi connectivity index (χ4v) is 2.65. The van der Waals surface area contributed by atoms with E-state index in [4.69, 9.17) is 23.2 Å². The number of carbonyl (C=O) groups excluding carboxylic acids is 1. The lowest BCUT2D eigenvalue weighted by molar-refractivity contribution is -0.130. The Kier molecular flexibility index (Phi) is 5.70. The number of hydrogen-bond acceptors (Lipinski definition) is 3. The molecule has 0 radical (unpaired) electrons. The molecule has 0 atom stereocenters. The van der Waals surface area contributed by atoms with Gasteiger partial charge in [-0.25, -0.2) is 0 Å². The van der Waals surface area contributed by atoms with E-state index in [1.807, 2.05) is 20.8 Å². The van der Waals surface area contributed by atoms with Crippen LogP contribution in [-0.4, -0.2) is 37.4 Å². The Hall–Kier alpha value is -1.53. The van der Waals surface area contributed by atoms with Crippen molar-refractivity contribution < 1.29 is 4.79 Å². The topological polar surface area (TPSA) is 56.0 Å². The molecule has 0 aliphatic carbocycles. The lowest BCUT2D eigenvalue weighted by Crippen LogP contribution is -2.27. The lowest BCUT2D eigenvalue weighted by Gasteiger charge is -2.16. The van der Waals surface area contributed by atoms with Crippen LogP contribution in [-0.2, 0) is 24.4 Å². The highest BCUT2D eigenvalue weighted by Gasteiger charge is 2.15. The number of nitrogens with zero attached hydrogens (tertiary/aromatic N) is 5. The zero-order valence-electron chi connectivity index (χ0n) is 13.8. The summed E-state index contributed by atoms with van der Waals surface area (Å²) in [7, 11) is 1.75. The molecule has 8 heteroatoms. The highest BCUT2D eigenvalue weighted by Crippen LogP contribution is 2.19. The summed E-state index contributed by atoms with van der Waals surface area (Å²) in [6.45, 7) is 7.37. The van der Waals surface area contributed by atoms with E-state index in [1.165, 1.54) is 0 Å². The molecule has 23 heavy (non-hydrogen) atoms. The van der Waals surface area contributed by atoms with Gasteiger partial charge in [-0.3, -0.25) is 14.2 Å². The van der Waals surface area contributed by atoms with Gasteiger partial charge in [0.25, 0.3) is 0 Å². The first kappa shape index (κ1) is 17.8. The van der Waals surface area contributed by atoms with Crippen molar-refractivity contribution in [2.75, 3.05) is 7.05 Å². The van der Waals surface area contributed by atoms with Gasteiger partial charge in [0.15, 0.2) is 0 Å². The maximum atomic E-state index is 12.3. The van der Waals surface area contributed by atoms with E-state index in [0.29, 0.717) is 35.2 Å². The number of carbonyl (C=O) groups is 1. The van der Waals surface area contributed by atoms with Crippen molar-refractivity contribution in [1.29, 1.82) is 0 Å². The minimum atomic E-state index is 0.00999. The molecule has 0 saturated carbocycles. The summed E-state index contributed by atoms with van der Waals surface area (Å²) in [6.07, 6.45) is 2.12. The fraction of sp³-hybridized carbons (Fsp3) is 0.533. The third kappa shape index (κ3) is 4.06. The molecule has 0 bridgehead atoms. The predicted octanol–water partition coefficient (Wildman–Crippen LogP) is 3.07. The average Bonchev–Trinajstić information content (AvgIpc) is 2.99. The zero-order valence-corrected chi connectivity index (χ0v) is 15.3. The van der Waals surface area contributed by atoms with Crippen LogP contribution in [0.15, 0.2) is 6.20 Å². The highest BCUT2D eigenvalue weighted by molar-refractivity contribution is 6.31. The van der Waals surface area contributed by atoms with Crippen LogP contribution in [0.5, 0.6) is 0 Å². The second-order valence-corrected chi connectivity index (χ2v) is 6.27. The van der Waals surface area contributed by atoms with Crippen LogP contribution >= 0.6 is 23.2 Å². The summed E-state index contributed by atoms with van der Waals surface area (Å²) in [5.41, 5.74) is 2.37. The van der Waals surface area contributed by atoms with Gasteiger partial charge in [0, 0.05) is 26.2 Å². The molecule has 0 saturated heterocycles. The molecular formula is C15H21Cl2N5O. The van der Waals surface area contributed by atoms with Crippen molar-refractivity contribution in [2.45, 2.75) is 46.8 Å². The van der Waals surface area contributed by atoms with Gasteiger partial charge in [-0.1, -0.05) is 23.2 Å². The van der Waals surface area contributed by atoms with Gasteiger partial charge < -0.3 is 4.90 Å².